The van der Waals surface area contributed by atoms with E-state index < -0.39 is 0 Å². The summed E-state index contributed by atoms with van der Waals surface area (Å²) in [5.74, 6) is 0.861. The maximum Gasteiger partial charge on any atom is 0.178 e. The van der Waals surface area contributed by atoms with Crippen LogP contribution < -0.4 is 0 Å². The second-order valence-corrected chi connectivity index (χ2v) is 5.94. The summed E-state index contributed by atoms with van der Waals surface area (Å²) in [6.07, 6.45) is 1.71. The maximum absolute atomic E-state index is 10.1. The van der Waals surface area contributed by atoms with Gasteiger partial charge in [0.05, 0.1) is 11.1 Å². The SMILES string of the molecule is CC(C)(C)c1ccc(O)c(-c2nc3ncccc3[nH]2)c1. The van der Waals surface area contributed by atoms with Crippen LogP contribution in [0.4, 0.5) is 0 Å². The molecule has 0 aliphatic heterocycles. The van der Waals surface area contributed by atoms with Gasteiger partial charge in [0.15, 0.2) is 5.65 Å². The summed E-state index contributed by atoms with van der Waals surface area (Å²) >= 11 is 0. The highest BCUT2D eigenvalue weighted by Gasteiger charge is 2.17. The van der Waals surface area contributed by atoms with Crippen molar-refractivity contribution in [2.45, 2.75) is 26.2 Å². The molecule has 0 atom stereocenters. The zero-order valence-corrected chi connectivity index (χ0v) is 11.8. The van der Waals surface area contributed by atoms with E-state index in [9.17, 15) is 5.11 Å². The number of benzene rings is 1. The Hall–Kier alpha value is -2.36. The molecule has 1 aromatic carbocycles. The van der Waals surface area contributed by atoms with Gasteiger partial charge in [-0.15, -0.1) is 0 Å². The quantitative estimate of drug-likeness (QED) is 0.707. The molecule has 2 aromatic heterocycles. The monoisotopic (exact) mass is 267 g/mol. The van der Waals surface area contributed by atoms with Crippen LogP contribution >= 0.6 is 0 Å². The fourth-order valence-corrected chi connectivity index (χ4v) is 2.16. The van der Waals surface area contributed by atoms with Crippen molar-refractivity contribution in [2.24, 2.45) is 0 Å². The number of aromatic nitrogens is 3. The van der Waals surface area contributed by atoms with Crippen LogP contribution in [0.3, 0.4) is 0 Å². The van der Waals surface area contributed by atoms with Crippen LogP contribution in [-0.2, 0) is 5.41 Å². The molecule has 4 nitrogen and oxygen atoms in total. The highest BCUT2D eigenvalue weighted by atomic mass is 16.3. The van der Waals surface area contributed by atoms with Crippen LogP contribution in [0.15, 0.2) is 36.5 Å². The molecule has 3 rings (SSSR count). The first-order valence-electron chi connectivity index (χ1n) is 6.60. The molecule has 0 saturated heterocycles. The molecule has 0 aliphatic rings. The number of fused-ring (bicyclic) bond motifs is 1. The summed E-state index contributed by atoms with van der Waals surface area (Å²) in [5.41, 5.74) is 3.40. The number of pyridine rings is 1. The van der Waals surface area contributed by atoms with Gasteiger partial charge in [-0.25, -0.2) is 9.97 Å². The van der Waals surface area contributed by atoms with Crippen LogP contribution in [0.5, 0.6) is 5.75 Å². The molecule has 102 valence electrons. The Balaban J connectivity index is 2.17. The number of H-pyrrole nitrogens is 1. The summed E-state index contributed by atoms with van der Waals surface area (Å²) in [4.78, 5) is 11.8. The second kappa shape index (κ2) is 4.34. The summed E-state index contributed by atoms with van der Waals surface area (Å²) in [6.45, 7) is 6.43. The maximum atomic E-state index is 10.1. The summed E-state index contributed by atoms with van der Waals surface area (Å²) < 4.78 is 0. The fourth-order valence-electron chi connectivity index (χ4n) is 2.16. The molecule has 20 heavy (non-hydrogen) atoms. The Morgan fingerprint density at radius 2 is 1.95 bits per heavy atom. The average molecular weight is 267 g/mol. The first kappa shape index (κ1) is 12.7. The average Bonchev–Trinajstić information content (AvgIpc) is 2.81. The van der Waals surface area contributed by atoms with Gasteiger partial charge in [0.25, 0.3) is 0 Å². The minimum Gasteiger partial charge on any atom is -0.507 e. The van der Waals surface area contributed by atoms with Crippen LogP contribution in [0, 0.1) is 0 Å². The largest absolute Gasteiger partial charge is 0.507 e. The lowest BCUT2D eigenvalue weighted by molar-refractivity contribution is 0.475. The van der Waals surface area contributed by atoms with E-state index in [1.54, 1.807) is 12.3 Å². The first-order chi connectivity index (χ1) is 9.45. The van der Waals surface area contributed by atoms with Crippen molar-refractivity contribution in [2.75, 3.05) is 0 Å². The number of phenolic OH excluding ortho intramolecular Hbond substituents is 1. The molecule has 3 aromatic rings. The second-order valence-electron chi connectivity index (χ2n) is 5.94. The summed E-state index contributed by atoms with van der Waals surface area (Å²) in [5, 5.41) is 10.1. The van der Waals surface area contributed by atoms with Crippen LogP contribution in [-0.4, -0.2) is 20.1 Å². The van der Waals surface area contributed by atoms with Gasteiger partial charge in [-0.3, -0.25) is 0 Å². The molecule has 0 fully saturated rings. The van der Waals surface area contributed by atoms with E-state index in [-0.39, 0.29) is 11.2 Å². The lowest BCUT2D eigenvalue weighted by Gasteiger charge is -2.19. The third-order valence-electron chi connectivity index (χ3n) is 3.38. The standard InChI is InChI=1S/C16H17N3O/c1-16(2,3)10-6-7-13(20)11(9-10)14-18-12-5-4-8-17-15(12)19-14/h4-9,20H,1-3H3,(H,17,18,19). The van der Waals surface area contributed by atoms with E-state index in [1.807, 2.05) is 24.3 Å². The molecule has 0 bridgehead atoms. The molecule has 2 N–H and O–H groups in total. The van der Waals surface area contributed by atoms with Crippen molar-refractivity contribution in [3.8, 4) is 17.1 Å². The Morgan fingerprint density at radius 3 is 2.65 bits per heavy atom. The van der Waals surface area contributed by atoms with E-state index in [0.717, 1.165) is 11.1 Å². The van der Waals surface area contributed by atoms with Gasteiger partial charge >= 0.3 is 0 Å². The minimum atomic E-state index is 0.0206. The number of nitrogens with zero attached hydrogens (tertiary/aromatic N) is 2. The molecule has 0 radical (unpaired) electrons. The highest BCUT2D eigenvalue weighted by molar-refractivity contribution is 5.77. The molecular formula is C16H17N3O. The van der Waals surface area contributed by atoms with Gasteiger partial charge in [-0.1, -0.05) is 26.8 Å². The number of imidazole rings is 1. The van der Waals surface area contributed by atoms with E-state index in [1.165, 1.54) is 0 Å². The van der Waals surface area contributed by atoms with Gasteiger partial charge in [-0.05, 0) is 35.2 Å². The van der Waals surface area contributed by atoms with Gasteiger partial charge in [0, 0.05) is 6.20 Å². The smallest absolute Gasteiger partial charge is 0.178 e. The molecule has 0 amide bonds. The lowest BCUT2D eigenvalue weighted by Crippen LogP contribution is -2.10. The molecule has 0 aliphatic carbocycles. The fraction of sp³-hybridized carbons (Fsp3) is 0.250. The summed E-state index contributed by atoms with van der Waals surface area (Å²) in [6, 6.07) is 9.42. The normalized spacial score (nSPS) is 11.9. The Labute approximate surface area is 117 Å². The van der Waals surface area contributed by atoms with Crippen LogP contribution in [0.2, 0.25) is 0 Å². The van der Waals surface area contributed by atoms with Crippen molar-refractivity contribution in [1.82, 2.24) is 15.0 Å². The third kappa shape index (κ3) is 2.13. The third-order valence-corrected chi connectivity index (χ3v) is 3.38. The predicted molar refractivity (Wildman–Crippen MR) is 79.7 cm³/mol. The molecule has 0 saturated carbocycles. The van der Waals surface area contributed by atoms with Crippen molar-refractivity contribution in [3.63, 3.8) is 0 Å². The lowest BCUT2D eigenvalue weighted by atomic mass is 9.86. The number of aromatic hydroxyl groups is 1. The Morgan fingerprint density at radius 1 is 1.15 bits per heavy atom. The van der Waals surface area contributed by atoms with Gasteiger partial charge in [0.2, 0.25) is 0 Å². The number of hydrogen-bond donors (Lipinski definition) is 2. The van der Waals surface area contributed by atoms with E-state index >= 15 is 0 Å². The van der Waals surface area contributed by atoms with Crippen molar-refractivity contribution in [1.29, 1.82) is 0 Å². The number of rotatable bonds is 1. The predicted octanol–water partition coefficient (Wildman–Crippen LogP) is 3.63. The van der Waals surface area contributed by atoms with E-state index in [4.69, 9.17) is 0 Å². The topological polar surface area (TPSA) is 61.8 Å². The van der Waals surface area contributed by atoms with Crippen molar-refractivity contribution >= 4 is 11.2 Å². The van der Waals surface area contributed by atoms with Crippen LogP contribution in [0.25, 0.3) is 22.6 Å². The Kier molecular flexibility index (Phi) is 2.74. The first-order valence-corrected chi connectivity index (χ1v) is 6.60. The number of phenols is 1. The van der Waals surface area contributed by atoms with E-state index in [0.29, 0.717) is 17.0 Å². The van der Waals surface area contributed by atoms with E-state index in [2.05, 4.69) is 35.7 Å². The summed E-state index contributed by atoms with van der Waals surface area (Å²) in [7, 11) is 0. The molecular weight excluding hydrogens is 250 g/mol. The molecule has 4 heteroatoms. The minimum absolute atomic E-state index is 0.0206. The molecule has 0 spiro atoms. The van der Waals surface area contributed by atoms with Crippen molar-refractivity contribution < 1.29 is 5.11 Å². The number of hydrogen-bond acceptors (Lipinski definition) is 3. The van der Waals surface area contributed by atoms with Gasteiger partial charge in [0.1, 0.15) is 11.6 Å². The number of nitrogens with one attached hydrogen (secondary N) is 1. The van der Waals surface area contributed by atoms with Gasteiger partial charge < -0.3 is 10.1 Å². The van der Waals surface area contributed by atoms with Crippen molar-refractivity contribution in [3.05, 3.63) is 42.1 Å². The Bertz CT molecular complexity index is 736. The zero-order valence-electron chi connectivity index (χ0n) is 11.8. The molecule has 2 heterocycles. The van der Waals surface area contributed by atoms with Crippen LogP contribution in [0.1, 0.15) is 26.3 Å². The van der Waals surface area contributed by atoms with Gasteiger partial charge in [-0.2, -0.15) is 0 Å². The zero-order chi connectivity index (χ0) is 14.3. The highest BCUT2D eigenvalue weighted by Crippen LogP contribution is 2.33. The molecule has 0 unspecified atom stereocenters. The number of aromatic amines is 1.